The maximum atomic E-state index is 12.2. The molecule has 0 amide bonds. The first-order chi connectivity index (χ1) is 9.03. The van der Waals surface area contributed by atoms with Crippen LogP contribution in [0.2, 0.25) is 0 Å². The molecule has 0 bridgehead atoms. The highest BCUT2D eigenvalue weighted by Gasteiger charge is 2.22. The number of pyridine rings is 1. The van der Waals surface area contributed by atoms with Gasteiger partial charge in [-0.2, -0.15) is 8.42 Å². The highest BCUT2D eigenvalue weighted by atomic mass is 32.2. The zero-order chi connectivity index (χ0) is 13.9. The Hall–Kier alpha value is -2.08. The maximum absolute atomic E-state index is 12.2. The van der Waals surface area contributed by atoms with Crippen molar-refractivity contribution in [2.24, 2.45) is 0 Å². The molecule has 2 rings (SSSR count). The molecule has 2 aromatic rings. The van der Waals surface area contributed by atoms with Crippen molar-refractivity contribution in [1.82, 2.24) is 4.98 Å². The molecule has 0 N–H and O–H groups in total. The van der Waals surface area contributed by atoms with Crippen LogP contribution in [0.4, 0.5) is 0 Å². The second-order valence-corrected chi connectivity index (χ2v) is 5.37. The molecular formula is C13H13NO4S. The van der Waals surface area contributed by atoms with E-state index in [9.17, 15) is 8.42 Å². The van der Waals surface area contributed by atoms with Gasteiger partial charge in [0.05, 0.1) is 7.11 Å². The van der Waals surface area contributed by atoms with Crippen molar-refractivity contribution >= 4 is 10.1 Å². The van der Waals surface area contributed by atoms with Crippen molar-refractivity contribution in [1.29, 1.82) is 0 Å². The van der Waals surface area contributed by atoms with Crippen LogP contribution < -0.4 is 8.92 Å². The first-order valence-electron chi connectivity index (χ1n) is 5.53. The fraction of sp³-hybridized carbons (Fsp3) is 0.154. The Morgan fingerprint density at radius 1 is 1.16 bits per heavy atom. The second-order valence-electron chi connectivity index (χ2n) is 3.86. The summed E-state index contributed by atoms with van der Waals surface area (Å²) in [6, 6.07) is 9.64. The minimum absolute atomic E-state index is 0.0133. The highest BCUT2D eigenvalue weighted by molar-refractivity contribution is 7.87. The molecule has 5 nitrogen and oxygen atoms in total. The highest BCUT2D eigenvalue weighted by Crippen LogP contribution is 2.26. The van der Waals surface area contributed by atoms with E-state index in [4.69, 9.17) is 8.92 Å². The molecule has 0 spiro atoms. The van der Waals surface area contributed by atoms with Crippen LogP contribution in [-0.4, -0.2) is 20.5 Å². The first kappa shape index (κ1) is 13.4. The van der Waals surface area contributed by atoms with Crippen LogP contribution in [0, 0.1) is 6.92 Å². The third kappa shape index (κ3) is 3.03. The van der Waals surface area contributed by atoms with Gasteiger partial charge in [-0.1, -0.05) is 12.1 Å². The quantitative estimate of drug-likeness (QED) is 0.802. The predicted octanol–water partition coefficient (Wildman–Crippen LogP) is 2.17. The summed E-state index contributed by atoms with van der Waals surface area (Å²) in [4.78, 5) is 3.81. The number of nitrogens with zero attached hydrogens (tertiary/aromatic N) is 1. The molecule has 0 aliphatic heterocycles. The molecule has 0 aliphatic carbocycles. The van der Waals surface area contributed by atoms with Gasteiger partial charge in [-0.15, -0.1) is 0 Å². The van der Waals surface area contributed by atoms with Crippen molar-refractivity contribution < 1.29 is 17.3 Å². The molecule has 6 heteroatoms. The summed E-state index contributed by atoms with van der Waals surface area (Å²) in [5, 5.41) is 0. The lowest BCUT2D eigenvalue weighted by Gasteiger charge is -2.10. The molecule has 1 heterocycles. The van der Waals surface area contributed by atoms with E-state index in [2.05, 4.69) is 4.98 Å². The second kappa shape index (κ2) is 5.27. The minimum atomic E-state index is -3.97. The van der Waals surface area contributed by atoms with Crippen LogP contribution in [0.1, 0.15) is 5.56 Å². The topological polar surface area (TPSA) is 65.5 Å². The zero-order valence-corrected chi connectivity index (χ0v) is 11.3. The summed E-state index contributed by atoms with van der Waals surface area (Å²) in [6.07, 6.45) is 1.46. The number of rotatable bonds is 4. The Labute approximate surface area is 111 Å². The van der Waals surface area contributed by atoms with Gasteiger partial charge in [0, 0.05) is 12.3 Å². The van der Waals surface area contributed by atoms with Crippen LogP contribution in [0.15, 0.2) is 47.5 Å². The van der Waals surface area contributed by atoms with Crippen molar-refractivity contribution in [3.05, 3.63) is 48.2 Å². The van der Waals surface area contributed by atoms with E-state index >= 15 is 0 Å². The number of benzene rings is 1. The van der Waals surface area contributed by atoms with Crippen LogP contribution in [0.5, 0.6) is 11.6 Å². The van der Waals surface area contributed by atoms with E-state index in [1.54, 1.807) is 31.2 Å². The minimum Gasteiger partial charge on any atom is -0.495 e. The van der Waals surface area contributed by atoms with Gasteiger partial charge in [-0.05, 0) is 30.7 Å². The molecule has 0 fully saturated rings. The molecule has 100 valence electrons. The Kier molecular flexibility index (Phi) is 3.71. The third-order valence-corrected chi connectivity index (χ3v) is 3.67. The molecule has 19 heavy (non-hydrogen) atoms. The number of aryl methyl sites for hydroxylation is 1. The van der Waals surface area contributed by atoms with Crippen molar-refractivity contribution in [3.63, 3.8) is 0 Å². The van der Waals surface area contributed by atoms with Crippen molar-refractivity contribution in [3.8, 4) is 11.6 Å². The van der Waals surface area contributed by atoms with E-state index in [1.165, 1.54) is 25.4 Å². The maximum Gasteiger partial charge on any atom is 0.344 e. The van der Waals surface area contributed by atoms with Crippen LogP contribution >= 0.6 is 0 Å². The standard InChI is InChI=1S/C13H13NO4S/c1-10-6-7-11(17-2)12(9-10)19(15,16)18-13-5-3-4-8-14-13/h3-9H,1-2H3. The van der Waals surface area contributed by atoms with E-state index in [0.29, 0.717) is 0 Å². The van der Waals surface area contributed by atoms with E-state index in [0.717, 1.165) is 5.56 Å². The summed E-state index contributed by atoms with van der Waals surface area (Å²) in [6.45, 7) is 1.79. The number of aromatic nitrogens is 1. The van der Waals surface area contributed by atoms with E-state index in [1.807, 2.05) is 0 Å². The lowest BCUT2D eigenvalue weighted by atomic mass is 10.2. The molecule has 1 aromatic carbocycles. The van der Waals surface area contributed by atoms with Gasteiger partial charge in [0.15, 0.2) is 0 Å². The fourth-order valence-corrected chi connectivity index (χ4v) is 2.67. The average molecular weight is 279 g/mol. The fourth-order valence-electron chi connectivity index (χ4n) is 1.53. The zero-order valence-electron chi connectivity index (χ0n) is 10.5. The molecule has 1 aromatic heterocycles. The Morgan fingerprint density at radius 2 is 1.95 bits per heavy atom. The number of methoxy groups -OCH3 is 1. The SMILES string of the molecule is COc1ccc(C)cc1S(=O)(=O)Oc1ccccn1. The van der Waals surface area contributed by atoms with Gasteiger partial charge < -0.3 is 8.92 Å². The molecule has 0 saturated carbocycles. The summed E-state index contributed by atoms with van der Waals surface area (Å²) in [5.41, 5.74) is 0.795. The van der Waals surface area contributed by atoms with Crippen LogP contribution in [0.25, 0.3) is 0 Å². The summed E-state index contributed by atoms with van der Waals surface area (Å²) >= 11 is 0. The molecule has 0 saturated heterocycles. The molecule has 0 atom stereocenters. The average Bonchev–Trinajstić information content (AvgIpc) is 2.39. The largest absolute Gasteiger partial charge is 0.495 e. The van der Waals surface area contributed by atoms with Crippen LogP contribution in [-0.2, 0) is 10.1 Å². The lowest BCUT2D eigenvalue weighted by Crippen LogP contribution is -2.12. The van der Waals surface area contributed by atoms with Crippen molar-refractivity contribution in [2.75, 3.05) is 7.11 Å². The number of hydrogen-bond acceptors (Lipinski definition) is 5. The van der Waals surface area contributed by atoms with Crippen molar-refractivity contribution in [2.45, 2.75) is 11.8 Å². The number of hydrogen-bond donors (Lipinski definition) is 0. The Bertz CT molecular complexity index is 668. The summed E-state index contributed by atoms with van der Waals surface area (Å²) in [7, 11) is -2.56. The first-order valence-corrected chi connectivity index (χ1v) is 6.94. The van der Waals surface area contributed by atoms with E-state index in [-0.39, 0.29) is 16.5 Å². The van der Waals surface area contributed by atoms with Gasteiger partial charge in [0.2, 0.25) is 5.88 Å². The Balaban J connectivity index is 2.42. The van der Waals surface area contributed by atoms with Gasteiger partial charge in [-0.3, -0.25) is 0 Å². The van der Waals surface area contributed by atoms with Gasteiger partial charge in [-0.25, -0.2) is 4.98 Å². The normalized spacial score (nSPS) is 11.1. The van der Waals surface area contributed by atoms with E-state index < -0.39 is 10.1 Å². The Morgan fingerprint density at radius 3 is 2.58 bits per heavy atom. The van der Waals surface area contributed by atoms with Gasteiger partial charge in [0.25, 0.3) is 0 Å². The van der Waals surface area contributed by atoms with Gasteiger partial charge in [0.1, 0.15) is 10.6 Å². The summed E-state index contributed by atoms with van der Waals surface area (Å²) < 4.78 is 34.4. The summed E-state index contributed by atoms with van der Waals surface area (Å²) in [5.74, 6) is 0.257. The molecule has 0 aliphatic rings. The lowest BCUT2D eigenvalue weighted by molar-refractivity contribution is 0.397. The third-order valence-electron chi connectivity index (χ3n) is 2.42. The molecular weight excluding hydrogens is 266 g/mol. The molecule has 0 unspecified atom stereocenters. The predicted molar refractivity (Wildman–Crippen MR) is 69.8 cm³/mol. The van der Waals surface area contributed by atoms with Gasteiger partial charge >= 0.3 is 10.1 Å². The monoisotopic (exact) mass is 279 g/mol. The smallest absolute Gasteiger partial charge is 0.344 e. The number of ether oxygens (including phenoxy) is 1. The van der Waals surface area contributed by atoms with Crippen LogP contribution in [0.3, 0.4) is 0 Å². The molecule has 0 radical (unpaired) electrons.